The average Bonchev–Trinajstić information content (AvgIpc) is 2.16. The van der Waals surface area contributed by atoms with Crippen molar-refractivity contribution in [3.63, 3.8) is 0 Å². The monoisotopic (exact) mass is 221 g/mol. The largest absolute Gasteiger partial charge is 0.327 e. The average molecular weight is 221 g/mol. The molecule has 0 aliphatic carbocycles. The van der Waals surface area contributed by atoms with Crippen LogP contribution in [0.3, 0.4) is 0 Å². The molecule has 0 amide bonds. The van der Waals surface area contributed by atoms with Gasteiger partial charge in [-0.15, -0.1) is 0 Å². The van der Waals surface area contributed by atoms with Gasteiger partial charge < -0.3 is 5.73 Å². The Morgan fingerprint density at radius 1 is 1.27 bits per heavy atom. The van der Waals surface area contributed by atoms with Crippen molar-refractivity contribution in [1.29, 1.82) is 0 Å². The Morgan fingerprint density at radius 3 is 2.40 bits per heavy atom. The lowest BCUT2D eigenvalue weighted by Crippen LogP contribution is -2.03. The van der Waals surface area contributed by atoms with Gasteiger partial charge in [0.25, 0.3) is 0 Å². The molecule has 1 aromatic carbocycles. The predicted octanol–water partition coefficient (Wildman–Crippen LogP) is 3.05. The van der Waals surface area contributed by atoms with E-state index in [1.807, 2.05) is 11.8 Å². The third-order valence-corrected chi connectivity index (χ3v) is 3.29. The van der Waals surface area contributed by atoms with Crippen molar-refractivity contribution in [3.8, 4) is 0 Å². The second-order valence-electron chi connectivity index (χ2n) is 3.94. The zero-order valence-electron chi connectivity index (χ0n) is 9.55. The zero-order chi connectivity index (χ0) is 11.3. The molecule has 0 saturated heterocycles. The number of hydrogen-bond acceptors (Lipinski definition) is 2. The highest BCUT2D eigenvalue weighted by atomic mass is 32.2. The van der Waals surface area contributed by atoms with Crippen molar-refractivity contribution in [1.82, 2.24) is 0 Å². The maximum absolute atomic E-state index is 5.49. The number of benzene rings is 1. The van der Waals surface area contributed by atoms with Gasteiger partial charge in [0.2, 0.25) is 0 Å². The highest BCUT2D eigenvalue weighted by Crippen LogP contribution is 2.17. The lowest BCUT2D eigenvalue weighted by Gasteiger charge is -2.05. The van der Waals surface area contributed by atoms with E-state index in [9.17, 15) is 0 Å². The van der Waals surface area contributed by atoms with E-state index in [0.717, 1.165) is 17.1 Å². The summed E-state index contributed by atoms with van der Waals surface area (Å²) < 4.78 is 0. The van der Waals surface area contributed by atoms with Crippen LogP contribution in [0.5, 0.6) is 0 Å². The minimum absolute atomic E-state index is 0.597. The number of nitrogens with two attached hydrogens (primary N) is 1. The quantitative estimate of drug-likeness (QED) is 0.773. The number of thioether (sulfide) groups is 1. The zero-order valence-corrected chi connectivity index (χ0v) is 10.4. The van der Waals surface area contributed by atoms with E-state index >= 15 is 0 Å². The molecule has 0 aromatic heterocycles. The second-order valence-corrected chi connectivity index (χ2v) is 4.93. The first kappa shape index (κ1) is 12.3. The fourth-order valence-corrected chi connectivity index (χ4v) is 2.44. The molecule has 0 fully saturated rings. The molecule has 0 spiro atoms. The molecule has 1 aromatic rings. The van der Waals surface area contributed by atoms with Crippen molar-refractivity contribution in [3.05, 3.63) is 47.0 Å². The number of rotatable bonds is 5. The molecule has 0 radical (unpaired) electrons. The smallest absolute Gasteiger partial charge is 0.0187 e. The summed E-state index contributed by atoms with van der Waals surface area (Å²) in [5, 5.41) is 0. The van der Waals surface area contributed by atoms with E-state index in [2.05, 4.69) is 38.6 Å². The predicted molar refractivity (Wildman–Crippen MR) is 70.3 cm³/mol. The number of hydrogen-bond donors (Lipinski definition) is 1. The van der Waals surface area contributed by atoms with Gasteiger partial charge in [-0.2, -0.15) is 11.8 Å². The molecule has 0 aliphatic rings. The van der Waals surface area contributed by atoms with Crippen molar-refractivity contribution in [2.45, 2.75) is 19.6 Å². The van der Waals surface area contributed by atoms with Crippen LogP contribution >= 0.6 is 11.8 Å². The normalized spacial score (nSPS) is 10.3. The summed E-state index contributed by atoms with van der Waals surface area (Å²) in [5.74, 6) is 2.00. The summed E-state index contributed by atoms with van der Waals surface area (Å²) >= 11 is 1.88. The van der Waals surface area contributed by atoms with Crippen molar-refractivity contribution in [2.24, 2.45) is 5.73 Å². The van der Waals surface area contributed by atoms with Crippen LogP contribution < -0.4 is 5.73 Å². The van der Waals surface area contributed by atoms with Crippen LogP contribution in [0.15, 0.2) is 30.4 Å². The van der Waals surface area contributed by atoms with Gasteiger partial charge in [-0.3, -0.25) is 0 Å². The van der Waals surface area contributed by atoms with Gasteiger partial charge >= 0.3 is 0 Å². The van der Waals surface area contributed by atoms with Crippen molar-refractivity contribution >= 4 is 11.8 Å². The molecule has 0 heterocycles. The Labute approximate surface area is 96.8 Å². The third kappa shape index (κ3) is 4.54. The molecule has 1 nitrogen and oxygen atoms in total. The SMILES string of the molecule is C=C(CN)CSCc1cc(C)cc(C)c1. The molecule has 1 rings (SSSR count). The Bertz CT molecular complexity index is 324. The molecular weight excluding hydrogens is 202 g/mol. The minimum atomic E-state index is 0.597. The van der Waals surface area contributed by atoms with Crippen LogP contribution in [0.2, 0.25) is 0 Å². The van der Waals surface area contributed by atoms with Gasteiger partial charge in [-0.1, -0.05) is 41.5 Å². The molecule has 0 aliphatic heterocycles. The Hall–Kier alpha value is -0.730. The maximum atomic E-state index is 5.49. The first-order valence-electron chi connectivity index (χ1n) is 5.13. The molecule has 2 N–H and O–H groups in total. The van der Waals surface area contributed by atoms with E-state index in [1.54, 1.807) is 0 Å². The lowest BCUT2D eigenvalue weighted by molar-refractivity contribution is 1.15. The summed E-state index contributed by atoms with van der Waals surface area (Å²) in [4.78, 5) is 0. The van der Waals surface area contributed by atoms with Crippen LogP contribution in [-0.4, -0.2) is 12.3 Å². The van der Waals surface area contributed by atoms with Crippen LogP contribution in [0.1, 0.15) is 16.7 Å². The van der Waals surface area contributed by atoms with Gasteiger partial charge in [0, 0.05) is 18.1 Å². The van der Waals surface area contributed by atoms with E-state index in [4.69, 9.17) is 5.73 Å². The molecule has 82 valence electrons. The van der Waals surface area contributed by atoms with Crippen LogP contribution in [0, 0.1) is 13.8 Å². The highest BCUT2D eigenvalue weighted by Gasteiger charge is 1.97. The number of aryl methyl sites for hydroxylation is 2. The van der Waals surface area contributed by atoms with Crippen LogP contribution in [0.4, 0.5) is 0 Å². The first-order valence-corrected chi connectivity index (χ1v) is 6.29. The summed E-state index contributed by atoms with van der Waals surface area (Å²) in [6.45, 7) is 8.77. The summed E-state index contributed by atoms with van der Waals surface area (Å²) in [6, 6.07) is 6.68. The molecule has 0 bridgehead atoms. The van der Waals surface area contributed by atoms with Crippen LogP contribution in [-0.2, 0) is 5.75 Å². The molecule has 0 atom stereocenters. The topological polar surface area (TPSA) is 26.0 Å². The third-order valence-electron chi connectivity index (χ3n) is 2.15. The van der Waals surface area contributed by atoms with E-state index in [0.29, 0.717) is 6.54 Å². The summed E-state index contributed by atoms with van der Waals surface area (Å²) in [7, 11) is 0. The lowest BCUT2D eigenvalue weighted by atomic mass is 10.1. The maximum Gasteiger partial charge on any atom is 0.0187 e. The second kappa shape index (κ2) is 5.99. The van der Waals surface area contributed by atoms with Crippen molar-refractivity contribution < 1.29 is 0 Å². The van der Waals surface area contributed by atoms with Gasteiger partial charge in [0.1, 0.15) is 0 Å². The Morgan fingerprint density at radius 2 is 1.87 bits per heavy atom. The molecule has 0 saturated carbocycles. The van der Waals surface area contributed by atoms with E-state index in [1.165, 1.54) is 16.7 Å². The van der Waals surface area contributed by atoms with E-state index in [-0.39, 0.29) is 0 Å². The van der Waals surface area contributed by atoms with Gasteiger partial charge in [0.15, 0.2) is 0 Å². The molecule has 2 heteroatoms. The standard InChI is InChI=1S/C13H19NS/c1-10-4-11(2)6-13(5-10)9-15-8-12(3)7-14/h4-6H,3,7-9,14H2,1-2H3. The van der Waals surface area contributed by atoms with Gasteiger partial charge in [-0.25, -0.2) is 0 Å². The van der Waals surface area contributed by atoms with Crippen molar-refractivity contribution in [2.75, 3.05) is 12.3 Å². The van der Waals surface area contributed by atoms with Gasteiger partial charge in [-0.05, 0) is 19.4 Å². The summed E-state index contributed by atoms with van der Waals surface area (Å²) in [5.41, 5.74) is 10.7. The fraction of sp³-hybridized carbons (Fsp3) is 0.385. The fourth-order valence-electron chi connectivity index (χ4n) is 1.52. The molecular formula is C13H19NS. The van der Waals surface area contributed by atoms with Gasteiger partial charge in [0.05, 0.1) is 0 Å². The Kier molecular flexibility index (Phi) is 4.92. The first-order chi connectivity index (χ1) is 7.11. The summed E-state index contributed by atoms with van der Waals surface area (Å²) in [6.07, 6.45) is 0. The van der Waals surface area contributed by atoms with Crippen LogP contribution in [0.25, 0.3) is 0 Å². The molecule has 15 heavy (non-hydrogen) atoms. The molecule has 0 unspecified atom stereocenters. The minimum Gasteiger partial charge on any atom is -0.327 e. The van der Waals surface area contributed by atoms with E-state index < -0.39 is 0 Å². The highest BCUT2D eigenvalue weighted by molar-refractivity contribution is 7.98. The Balaban J connectivity index is 2.47.